The van der Waals surface area contributed by atoms with Gasteiger partial charge in [0, 0.05) is 11.5 Å². The van der Waals surface area contributed by atoms with E-state index in [9.17, 15) is 0 Å². The summed E-state index contributed by atoms with van der Waals surface area (Å²) in [5.41, 5.74) is 0.581. The fraction of sp³-hybridized carbons (Fsp3) is 0.867. The molecule has 0 spiro atoms. The summed E-state index contributed by atoms with van der Waals surface area (Å²) < 4.78 is 6.34. The van der Waals surface area contributed by atoms with E-state index in [0.717, 1.165) is 12.3 Å². The topological polar surface area (TPSA) is 56.8 Å². The molecule has 0 saturated heterocycles. The Kier molecular flexibility index (Phi) is 4.95. The van der Waals surface area contributed by atoms with E-state index in [1.807, 2.05) is 0 Å². The van der Waals surface area contributed by atoms with Gasteiger partial charge in [-0.1, -0.05) is 20.8 Å². The van der Waals surface area contributed by atoms with Crippen LogP contribution in [0.2, 0.25) is 0 Å². The average Bonchev–Trinajstić information content (AvgIpc) is 2.74. The van der Waals surface area contributed by atoms with Gasteiger partial charge >= 0.3 is 0 Å². The smallest absolute Gasteiger partial charge is 0.133 e. The zero-order chi connectivity index (χ0) is 14.8. The van der Waals surface area contributed by atoms with Crippen LogP contribution in [0.4, 0.5) is 0 Å². The first-order valence-corrected chi connectivity index (χ1v) is 9.10. The number of thiocyanates is 2. The summed E-state index contributed by atoms with van der Waals surface area (Å²) >= 11 is 2.45. The highest BCUT2D eigenvalue weighted by molar-refractivity contribution is 8.04. The third-order valence-electron chi connectivity index (χ3n) is 5.74. The van der Waals surface area contributed by atoms with Crippen LogP contribution in [0.3, 0.4) is 0 Å². The molecule has 2 bridgehead atoms. The number of nitrogens with zero attached hydrogens (tertiary/aromatic N) is 2. The lowest BCUT2D eigenvalue weighted by Gasteiger charge is -2.40. The molecule has 2 rings (SSSR count). The van der Waals surface area contributed by atoms with E-state index in [1.165, 1.54) is 36.4 Å². The molecule has 0 amide bonds. The fourth-order valence-corrected chi connectivity index (χ4v) is 5.02. The van der Waals surface area contributed by atoms with Crippen LogP contribution in [0.15, 0.2) is 0 Å². The summed E-state index contributed by atoms with van der Waals surface area (Å²) in [7, 11) is 0. The Bertz CT molecular complexity index is 422. The van der Waals surface area contributed by atoms with Crippen molar-refractivity contribution in [2.24, 2.45) is 16.7 Å². The third-order valence-corrected chi connectivity index (χ3v) is 7.07. The maximum atomic E-state index is 8.73. The van der Waals surface area contributed by atoms with Gasteiger partial charge < -0.3 is 4.74 Å². The number of hydrogen-bond donors (Lipinski definition) is 0. The number of thioether (sulfide) groups is 2. The number of fused-ring (bicyclic) bond motifs is 2. The molecule has 0 N–H and O–H groups in total. The first-order chi connectivity index (χ1) is 9.45. The summed E-state index contributed by atoms with van der Waals surface area (Å²) in [4.78, 5) is 0. The van der Waals surface area contributed by atoms with Crippen molar-refractivity contribution in [3.8, 4) is 10.8 Å². The lowest BCUT2D eigenvalue weighted by molar-refractivity contribution is -0.0709. The van der Waals surface area contributed by atoms with Gasteiger partial charge in [-0.15, -0.1) is 0 Å². The van der Waals surface area contributed by atoms with Crippen molar-refractivity contribution in [3.63, 3.8) is 0 Å². The van der Waals surface area contributed by atoms with Crippen molar-refractivity contribution in [3.05, 3.63) is 0 Å². The van der Waals surface area contributed by atoms with Gasteiger partial charge in [0.05, 0.1) is 12.2 Å². The van der Waals surface area contributed by atoms with Gasteiger partial charge in [0.15, 0.2) is 0 Å². The minimum Gasteiger partial charge on any atom is -0.373 e. The molecule has 3 atom stereocenters. The van der Waals surface area contributed by atoms with Gasteiger partial charge in [0.2, 0.25) is 0 Å². The monoisotopic (exact) mass is 310 g/mol. The quantitative estimate of drug-likeness (QED) is 0.694. The van der Waals surface area contributed by atoms with E-state index in [2.05, 4.69) is 31.6 Å². The molecule has 3 nitrogen and oxygen atoms in total. The average molecular weight is 310 g/mol. The Morgan fingerprint density at radius 3 is 2.20 bits per heavy atom. The lowest BCUT2D eigenvalue weighted by atomic mass is 9.70. The molecule has 0 aliphatic heterocycles. The maximum Gasteiger partial charge on any atom is 0.133 e. The molecule has 0 unspecified atom stereocenters. The van der Waals surface area contributed by atoms with Crippen molar-refractivity contribution in [1.29, 1.82) is 10.5 Å². The van der Waals surface area contributed by atoms with Crippen LogP contribution in [0, 0.1) is 38.1 Å². The Morgan fingerprint density at radius 2 is 1.80 bits per heavy atom. The van der Waals surface area contributed by atoms with E-state index in [4.69, 9.17) is 15.3 Å². The molecular weight excluding hydrogens is 288 g/mol. The molecular formula is C15H22N2OS2. The van der Waals surface area contributed by atoms with E-state index >= 15 is 0 Å². The molecule has 0 radical (unpaired) electrons. The first kappa shape index (κ1) is 16.0. The first-order valence-electron chi connectivity index (χ1n) is 7.13. The number of ether oxygens (including phenoxy) is 1. The zero-order valence-electron chi connectivity index (χ0n) is 12.4. The lowest BCUT2D eigenvalue weighted by Crippen LogP contribution is -2.40. The van der Waals surface area contributed by atoms with E-state index < -0.39 is 0 Å². The zero-order valence-corrected chi connectivity index (χ0v) is 14.0. The Labute approximate surface area is 130 Å². The van der Waals surface area contributed by atoms with Gasteiger partial charge in [-0.3, -0.25) is 0 Å². The predicted octanol–water partition coefficient (Wildman–Crippen LogP) is 4.01. The standard InChI is InChI=1S/C15H22N2OS2/c1-14(2)11-4-5-15(14,3)13(6-11)18-12(7-19-9-16)8-20-10-17/h11-13H,4-8H2,1-3H3/t11-,13+,15+/m0/s1. The van der Waals surface area contributed by atoms with Gasteiger partial charge in [-0.05, 0) is 59.5 Å². The highest BCUT2D eigenvalue weighted by Crippen LogP contribution is 2.66. The van der Waals surface area contributed by atoms with Crippen molar-refractivity contribution in [1.82, 2.24) is 0 Å². The largest absolute Gasteiger partial charge is 0.373 e. The molecule has 0 aromatic heterocycles. The third kappa shape index (κ3) is 2.69. The molecule has 0 aromatic rings. The summed E-state index contributed by atoms with van der Waals surface area (Å²) in [6, 6.07) is 0. The predicted molar refractivity (Wildman–Crippen MR) is 84.0 cm³/mol. The molecule has 0 aromatic carbocycles. The summed E-state index contributed by atoms with van der Waals surface area (Å²) in [6.45, 7) is 7.10. The van der Waals surface area contributed by atoms with Gasteiger partial charge in [-0.25, -0.2) is 0 Å². The Morgan fingerprint density at radius 1 is 1.20 bits per heavy atom. The minimum absolute atomic E-state index is 0.00118. The van der Waals surface area contributed by atoms with E-state index in [0.29, 0.717) is 16.9 Å². The van der Waals surface area contributed by atoms with Crippen LogP contribution >= 0.6 is 23.5 Å². The van der Waals surface area contributed by atoms with Gasteiger partial charge in [-0.2, -0.15) is 10.5 Å². The van der Waals surface area contributed by atoms with Crippen LogP contribution in [0.25, 0.3) is 0 Å². The van der Waals surface area contributed by atoms with E-state index in [-0.39, 0.29) is 17.6 Å². The molecule has 20 heavy (non-hydrogen) atoms. The van der Waals surface area contributed by atoms with Crippen LogP contribution < -0.4 is 0 Å². The van der Waals surface area contributed by atoms with Crippen molar-refractivity contribution in [2.75, 3.05) is 11.5 Å². The highest BCUT2D eigenvalue weighted by atomic mass is 32.2. The van der Waals surface area contributed by atoms with Crippen LogP contribution in [0.5, 0.6) is 0 Å². The molecule has 5 heteroatoms. The van der Waals surface area contributed by atoms with Crippen LogP contribution in [-0.4, -0.2) is 23.7 Å². The number of rotatable bonds is 6. The molecule has 2 saturated carbocycles. The summed E-state index contributed by atoms with van der Waals surface area (Å²) in [5.74, 6) is 2.07. The van der Waals surface area contributed by atoms with Crippen molar-refractivity contribution >= 4 is 23.5 Å². The molecule has 2 aliphatic rings. The van der Waals surface area contributed by atoms with Crippen molar-refractivity contribution < 1.29 is 4.74 Å². The molecule has 2 fully saturated rings. The Hall–Kier alpha value is -0.360. The van der Waals surface area contributed by atoms with Gasteiger partial charge in [0.25, 0.3) is 0 Å². The number of nitriles is 2. The SMILES string of the molecule is CC1(C)[C@H]2CC[C@]1(C)[C@H](OC(CSC#N)CSC#N)C2. The van der Waals surface area contributed by atoms with E-state index in [1.54, 1.807) is 0 Å². The summed E-state index contributed by atoms with van der Waals surface area (Å²) in [6.07, 6.45) is 3.96. The normalized spacial score (nSPS) is 34.1. The highest BCUT2D eigenvalue weighted by Gasteiger charge is 2.62. The molecule has 0 heterocycles. The maximum absolute atomic E-state index is 8.73. The van der Waals surface area contributed by atoms with Crippen LogP contribution in [0.1, 0.15) is 40.0 Å². The minimum atomic E-state index is 0.00118. The second kappa shape index (κ2) is 6.18. The molecule has 2 aliphatic carbocycles. The second-order valence-corrected chi connectivity index (χ2v) is 8.27. The van der Waals surface area contributed by atoms with Crippen LogP contribution in [-0.2, 0) is 4.74 Å². The van der Waals surface area contributed by atoms with Gasteiger partial charge in [0.1, 0.15) is 10.8 Å². The van der Waals surface area contributed by atoms with Crippen molar-refractivity contribution in [2.45, 2.75) is 52.2 Å². The molecule has 110 valence electrons. The summed E-state index contributed by atoms with van der Waals surface area (Å²) in [5, 5.41) is 21.7. The number of hydrogen-bond acceptors (Lipinski definition) is 5. The Balaban J connectivity index is 2.01. The fourth-order valence-electron chi connectivity index (χ4n) is 3.96. The second-order valence-electron chi connectivity index (χ2n) is 6.66.